The highest BCUT2D eigenvalue weighted by Crippen LogP contribution is 2.23. The third kappa shape index (κ3) is 2.48. The van der Waals surface area contributed by atoms with E-state index in [2.05, 4.69) is 24.0 Å². The van der Waals surface area contributed by atoms with Crippen molar-refractivity contribution in [2.45, 2.75) is 6.92 Å². The number of nitrogens with zero attached hydrogens (tertiary/aromatic N) is 2. The van der Waals surface area contributed by atoms with Crippen molar-refractivity contribution < 1.29 is 0 Å². The van der Waals surface area contributed by atoms with Gasteiger partial charge in [0.1, 0.15) is 11.5 Å². The maximum Gasteiger partial charge on any atom is 0.141 e. The molecule has 0 aliphatic heterocycles. The zero-order valence-electron chi connectivity index (χ0n) is 10.5. The highest BCUT2D eigenvalue weighted by atomic mass is 15.1. The highest BCUT2D eigenvalue weighted by molar-refractivity contribution is 5.93. The van der Waals surface area contributed by atoms with Crippen LogP contribution in [0.15, 0.2) is 42.6 Å². The van der Waals surface area contributed by atoms with Crippen LogP contribution in [0.1, 0.15) is 11.3 Å². The van der Waals surface area contributed by atoms with Crippen molar-refractivity contribution in [3.63, 3.8) is 0 Å². The normalized spacial score (nSPS) is 10.1. The molecule has 0 bridgehead atoms. The Morgan fingerprint density at radius 3 is 2.56 bits per heavy atom. The fourth-order valence-corrected chi connectivity index (χ4v) is 1.73. The predicted molar refractivity (Wildman–Crippen MR) is 74.5 cm³/mol. The molecule has 4 heteroatoms. The molecule has 2 rings (SSSR count). The van der Waals surface area contributed by atoms with Crippen LogP contribution < -0.4 is 10.6 Å². The van der Waals surface area contributed by atoms with Crippen molar-refractivity contribution in [3.8, 4) is 0 Å². The van der Waals surface area contributed by atoms with E-state index in [0.717, 1.165) is 11.4 Å². The van der Waals surface area contributed by atoms with Gasteiger partial charge in [-0.25, -0.2) is 0 Å². The van der Waals surface area contributed by atoms with Crippen molar-refractivity contribution in [3.05, 3.63) is 53.9 Å². The maximum atomic E-state index is 7.31. The predicted octanol–water partition coefficient (Wildman–Crippen LogP) is 2.44. The molecule has 0 aliphatic rings. The molecule has 2 aromatic rings. The third-order valence-corrected chi connectivity index (χ3v) is 2.80. The first-order valence-electron chi connectivity index (χ1n) is 5.69. The number of hydrogen-bond donors (Lipinski definition) is 2. The summed E-state index contributed by atoms with van der Waals surface area (Å²) in [6.07, 6.45) is 1.72. The molecular formula is C14H16N4. The van der Waals surface area contributed by atoms with E-state index in [1.54, 1.807) is 12.3 Å². The number of aromatic nitrogens is 1. The lowest BCUT2D eigenvalue weighted by Crippen LogP contribution is -2.14. The van der Waals surface area contributed by atoms with Crippen molar-refractivity contribution >= 4 is 17.2 Å². The first kappa shape index (κ1) is 12.1. The number of rotatable bonds is 3. The standard InChI is InChI=1S/C14H16N4/c1-10-4-3-5-11(8-10)18(2)12-6-7-13(14(15)16)17-9-12/h3-9H,1-2H3,(H3,15,16). The number of pyridine rings is 1. The molecule has 1 aromatic heterocycles. The Balaban J connectivity index is 2.28. The second kappa shape index (κ2) is 4.87. The van der Waals surface area contributed by atoms with Gasteiger partial charge in [-0.05, 0) is 36.8 Å². The Morgan fingerprint density at radius 1 is 1.22 bits per heavy atom. The monoisotopic (exact) mass is 240 g/mol. The van der Waals surface area contributed by atoms with Crippen LogP contribution in [0.3, 0.4) is 0 Å². The zero-order chi connectivity index (χ0) is 13.1. The summed E-state index contributed by atoms with van der Waals surface area (Å²) in [5.74, 6) is -0.0141. The van der Waals surface area contributed by atoms with E-state index >= 15 is 0 Å². The number of hydrogen-bond acceptors (Lipinski definition) is 3. The van der Waals surface area contributed by atoms with E-state index in [1.807, 2.05) is 30.1 Å². The fraction of sp³-hybridized carbons (Fsp3) is 0.143. The molecular weight excluding hydrogens is 224 g/mol. The van der Waals surface area contributed by atoms with Crippen molar-refractivity contribution in [1.82, 2.24) is 4.98 Å². The van der Waals surface area contributed by atoms with E-state index in [0.29, 0.717) is 5.69 Å². The van der Waals surface area contributed by atoms with Gasteiger partial charge in [-0.1, -0.05) is 12.1 Å². The lowest BCUT2D eigenvalue weighted by atomic mass is 10.2. The number of benzene rings is 1. The molecule has 0 spiro atoms. The van der Waals surface area contributed by atoms with Crippen LogP contribution in [0.4, 0.5) is 11.4 Å². The van der Waals surface area contributed by atoms with Crippen LogP contribution in [0, 0.1) is 12.3 Å². The van der Waals surface area contributed by atoms with Crippen LogP contribution >= 0.6 is 0 Å². The molecule has 4 nitrogen and oxygen atoms in total. The Labute approximate surface area is 107 Å². The van der Waals surface area contributed by atoms with Crippen LogP contribution in [0.25, 0.3) is 0 Å². The average molecular weight is 240 g/mol. The Morgan fingerprint density at radius 2 is 2.00 bits per heavy atom. The molecule has 0 aliphatic carbocycles. The molecule has 0 unspecified atom stereocenters. The van der Waals surface area contributed by atoms with Crippen LogP contribution in [0.5, 0.6) is 0 Å². The molecule has 0 amide bonds. The van der Waals surface area contributed by atoms with E-state index in [4.69, 9.17) is 11.1 Å². The van der Waals surface area contributed by atoms with Gasteiger partial charge in [-0.3, -0.25) is 10.4 Å². The van der Waals surface area contributed by atoms with Gasteiger partial charge in [0.05, 0.1) is 11.9 Å². The van der Waals surface area contributed by atoms with E-state index < -0.39 is 0 Å². The first-order chi connectivity index (χ1) is 8.58. The quantitative estimate of drug-likeness (QED) is 0.639. The second-order valence-corrected chi connectivity index (χ2v) is 4.21. The summed E-state index contributed by atoms with van der Waals surface area (Å²) in [4.78, 5) is 6.20. The Kier molecular flexibility index (Phi) is 3.28. The molecule has 3 N–H and O–H groups in total. The lowest BCUT2D eigenvalue weighted by Gasteiger charge is -2.19. The van der Waals surface area contributed by atoms with Gasteiger partial charge in [-0.15, -0.1) is 0 Å². The number of nitrogen functional groups attached to an aromatic ring is 1. The van der Waals surface area contributed by atoms with Gasteiger partial charge in [0, 0.05) is 12.7 Å². The number of nitrogens with two attached hydrogens (primary N) is 1. The number of aryl methyl sites for hydroxylation is 1. The molecule has 0 saturated carbocycles. The van der Waals surface area contributed by atoms with Gasteiger partial charge in [0.2, 0.25) is 0 Å². The zero-order valence-corrected chi connectivity index (χ0v) is 10.5. The van der Waals surface area contributed by atoms with Crippen LogP contribution in [-0.2, 0) is 0 Å². The Hall–Kier alpha value is -2.36. The van der Waals surface area contributed by atoms with Crippen molar-refractivity contribution in [1.29, 1.82) is 5.41 Å². The molecule has 0 atom stereocenters. The third-order valence-electron chi connectivity index (χ3n) is 2.80. The number of nitrogens with one attached hydrogen (secondary N) is 1. The van der Waals surface area contributed by atoms with Gasteiger partial charge in [0.25, 0.3) is 0 Å². The molecule has 92 valence electrons. The number of amidine groups is 1. The van der Waals surface area contributed by atoms with Crippen LogP contribution in [-0.4, -0.2) is 17.9 Å². The SMILES string of the molecule is Cc1cccc(N(C)c2ccc(C(=N)N)nc2)c1. The summed E-state index contributed by atoms with van der Waals surface area (Å²) in [5.41, 5.74) is 9.16. The first-order valence-corrected chi connectivity index (χ1v) is 5.69. The van der Waals surface area contributed by atoms with E-state index in [-0.39, 0.29) is 5.84 Å². The molecule has 0 saturated heterocycles. The van der Waals surface area contributed by atoms with Gasteiger partial charge < -0.3 is 10.6 Å². The Bertz CT molecular complexity index is 560. The van der Waals surface area contributed by atoms with Crippen molar-refractivity contribution in [2.75, 3.05) is 11.9 Å². The fourth-order valence-electron chi connectivity index (χ4n) is 1.73. The summed E-state index contributed by atoms with van der Waals surface area (Å²) in [5, 5.41) is 7.31. The summed E-state index contributed by atoms with van der Waals surface area (Å²) >= 11 is 0. The molecule has 1 aromatic carbocycles. The van der Waals surface area contributed by atoms with Gasteiger partial charge >= 0.3 is 0 Å². The van der Waals surface area contributed by atoms with Gasteiger partial charge in [0.15, 0.2) is 0 Å². The van der Waals surface area contributed by atoms with E-state index in [9.17, 15) is 0 Å². The largest absolute Gasteiger partial charge is 0.382 e. The summed E-state index contributed by atoms with van der Waals surface area (Å²) < 4.78 is 0. The highest BCUT2D eigenvalue weighted by Gasteiger charge is 2.05. The van der Waals surface area contributed by atoms with Gasteiger partial charge in [-0.2, -0.15) is 0 Å². The van der Waals surface area contributed by atoms with Crippen LogP contribution in [0.2, 0.25) is 0 Å². The number of anilines is 2. The molecule has 18 heavy (non-hydrogen) atoms. The second-order valence-electron chi connectivity index (χ2n) is 4.21. The molecule has 0 fully saturated rings. The molecule has 0 radical (unpaired) electrons. The lowest BCUT2D eigenvalue weighted by molar-refractivity contribution is 1.16. The summed E-state index contributed by atoms with van der Waals surface area (Å²) in [6, 6.07) is 11.9. The minimum atomic E-state index is -0.0141. The maximum absolute atomic E-state index is 7.31. The van der Waals surface area contributed by atoms with Crippen molar-refractivity contribution in [2.24, 2.45) is 5.73 Å². The topological polar surface area (TPSA) is 66.0 Å². The summed E-state index contributed by atoms with van der Waals surface area (Å²) in [7, 11) is 1.99. The minimum Gasteiger partial charge on any atom is -0.382 e. The average Bonchev–Trinajstić information content (AvgIpc) is 2.38. The minimum absolute atomic E-state index is 0.0141. The molecule has 1 heterocycles. The smallest absolute Gasteiger partial charge is 0.141 e. The van der Waals surface area contributed by atoms with E-state index in [1.165, 1.54) is 5.56 Å². The summed E-state index contributed by atoms with van der Waals surface area (Å²) in [6.45, 7) is 2.06.